The van der Waals surface area contributed by atoms with Crippen LogP contribution in [0.2, 0.25) is 0 Å². The summed E-state index contributed by atoms with van der Waals surface area (Å²) in [6.07, 6.45) is 7.37. The van der Waals surface area contributed by atoms with Gasteiger partial charge < -0.3 is 10.3 Å². The van der Waals surface area contributed by atoms with E-state index in [1.807, 2.05) is 12.4 Å². The Morgan fingerprint density at radius 3 is 3.00 bits per heavy atom. The van der Waals surface area contributed by atoms with E-state index in [2.05, 4.69) is 29.1 Å². The average molecular weight is 207 g/mol. The van der Waals surface area contributed by atoms with E-state index in [-0.39, 0.29) is 0 Å². The largest absolute Gasteiger partial charge is 0.349 e. The van der Waals surface area contributed by atoms with Crippen molar-refractivity contribution in [3.8, 4) is 0 Å². The van der Waals surface area contributed by atoms with Crippen molar-refractivity contribution in [3.05, 3.63) is 18.2 Å². The van der Waals surface area contributed by atoms with Crippen LogP contribution in [-0.2, 0) is 6.42 Å². The summed E-state index contributed by atoms with van der Waals surface area (Å²) in [4.78, 5) is 7.49. The predicted molar refractivity (Wildman–Crippen MR) is 61.6 cm³/mol. The highest BCUT2D eigenvalue weighted by atomic mass is 15.0. The third kappa shape index (κ3) is 2.81. The Morgan fingerprint density at radius 2 is 2.47 bits per heavy atom. The number of aromatic nitrogens is 2. The Morgan fingerprint density at radius 1 is 1.67 bits per heavy atom. The third-order valence-electron chi connectivity index (χ3n) is 3.31. The van der Waals surface area contributed by atoms with Crippen LogP contribution >= 0.6 is 0 Å². The molecule has 2 N–H and O–H groups in total. The lowest BCUT2D eigenvalue weighted by Gasteiger charge is -2.17. The zero-order valence-electron chi connectivity index (χ0n) is 9.66. The van der Waals surface area contributed by atoms with E-state index >= 15 is 0 Å². The maximum atomic E-state index is 4.30. The van der Waals surface area contributed by atoms with Gasteiger partial charge in [0, 0.05) is 24.9 Å². The molecule has 0 aliphatic heterocycles. The Balaban J connectivity index is 1.87. The summed E-state index contributed by atoms with van der Waals surface area (Å²) in [6.45, 7) is 5.68. The second-order valence-electron chi connectivity index (χ2n) is 4.68. The first-order valence-electron chi connectivity index (χ1n) is 6.03. The molecule has 84 valence electrons. The lowest BCUT2D eigenvalue weighted by Crippen LogP contribution is -2.34. The molecule has 1 aliphatic carbocycles. The third-order valence-corrected chi connectivity index (χ3v) is 3.31. The summed E-state index contributed by atoms with van der Waals surface area (Å²) in [5.74, 6) is 2.87. The highest BCUT2D eigenvalue weighted by molar-refractivity contribution is 4.99. The van der Waals surface area contributed by atoms with Crippen LogP contribution in [0.1, 0.15) is 32.5 Å². The number of imidazole rings is 1. The van der Waals surface area contributed by atoms with E-state index in [0.717, 1.165) is 30.6 Å². The Kier molecular flexibility index (Phi) is 3.41. The number of nitrogens with zero attached hydrogens (tertiary/aromatic N) is 1. The number of H-pyrrole nitrogens is 1. The molecule has 3 unspecified atom stereocenters. The topological polar surface area (TPSA) is 40.7 Å². The summed E-state index contributed by atoms with van der Waals surface area (Å²) >= 11 is 0. The molecule has 1 aliphatic rings. The molecule has 3 heteroatoms. The van der Waals surface area contributed by atoms with E-state index in [1.54, 1.807) is 0 Å². The molecule has 15 heavy (non-hydrogen) atoms. The van der Waals surface area contributed by atoms with Gasteiger partial charge in [0.05, 0.1) is 0 Å². The van der Waals surface area contributed by atoms with Crippen LogP contribution < -0.4 is 5.32 Å². The molecule has 1 heterocycles. The summed E-state index contributed by atoms with van der Waals surface area (Å²) in [5.41, 5.74) is 0. The molecule has 0 bridgehead atoms. The van der Waals surface area contributed by atoms with Crippen molar-refractivity contribution in [2.75, 3.05) is 6.54 Å². The molecule has 3 nitrogen and oxygen atoms in total. The number of aromatic amines is 1. The maximum absolute atomic E-state index is 4.30. The number of rotatable bonds is 6. The molecule has 0 aromatic carbocycles. The first-order chi connectivity index (χ1) is 7.31. The Labute approximate surface area is 91.7 Å². The minimum Gasteiger partial charge on any atom is -0.349 e. The second-order valence-corrected chi connectivity index (χ2v) is 4.68. The fourth-order valence-electron chi connectivity index (χ4n) is 2.23. The number of hydrogen-bond acceptors (Lipinski definition) is 2. The van der Waals surface area contributed by atoms with Crippen molar-refractivity contribution in [1.29, 1.82) is 0 Å². The first-order valence-corrected chi connectivity index (χ1v) is 6.03. The van der Waals surface area contributed by atoms with Gasteiger partial charge in [0.15, 0.2) is 0 Å². The minimum absolute atomic E-state index is 0.617. The van der Waals surface area contributed by atoms with Crippen molar-refractivity contribution >= 4 is 0 Å². The van der Waals surface area contributed by atoms with Gasteiger partial charge in [0.1, 0.15) is 5.82 Å². The Hall–Kier alpha value is -0.830. The second kappa shape index (κ2) is 4.79. The van der Waals surface area contributed by atoms with Gasteiger partial charge in [-0.25, -0.2) is 4.98 Å². The van der Waals surface area contributed by atoms with Gasteiger partial charge in [0.25, 0.3) is 0 Å². The number of nitrogens with one attached hydrogen (secondary N) is 2. The lowest BCUT2D eigenvalue weighted by molar-refractivity contribution is 0.437. The van der Waals surface area contributed by atoms with Crippen molar-refractivity contribution in [3.63, 3.8) is 0 Å². The summed E-state index contributed by atoms with van der Waals surface area (Å²) in [6, 6.07) is 0.617. The van der Waals surface area contributed by atoms with Crippen LogP contribution in [0.15, 0.2) is 12.4 Å². The van der Waals surface area contributed by atoms with E-state index < -0.39 is 0 Å². The summed E-state index contributed by atoms with van der Waals surface area (Å²) < 4.78 is 0. The molecule has 1 aromatic heterocycles. The van der Waals surface area contributed by atoms with Gasteiger partial charge in [-0.3, -0.25) is 0 Å². The normalized spacial score (nSPS) is 26.5. The molecule has 2 rings (SSSR count). The van der Waals surface area contributed by atoms with Gasteiger partial charge in [-0.1, -0.05) is 13.8 Å². The smallest absolute Gasteiger partial charge is 0.107 e. The summed E-state index contributed by atoms with van der Waals surface area (Å²) in [5, 5.41) is 3.64. The monoisotopic (exact) mass is 207 g/mol. The van der Waals surface area contributed by atoms with Crippen LogP contribution in [0.5, 0.6) is 0 Å². The first kappa shape index (κ1) is 10.7. The van der Waals surface area contributed by atoms with Gasteiger partial charge in [-0.05, 0) is 31.2 Å². The van der Waals surface area contributed by atoms with Crippen LogP contribution in [0.4, 0.5) is 0 Å². The quantitative estimate of drug-likeness (QED) is 0.749. The molecule has 0 radical (unpaired) electrons. The minimum atomic E-state index is 0.617. The zero-order valence-corrected chi connectivity index (χ0v) is 9.66. The molecule has 0 spiro atoms. The highest BCUT2D eigenvalue weighted by Gasteiger charge is 2.39. The van der Waals surface area contributed by atoms with Crippen LogP contribution in [0, 0.1) is 11.8 Å². The van der Waals surface area contributed by atoms with Crippen LogP contribution in [-0.4, -0.2) is 22.6 Å². The molecule has 0 saturated heterocycles. The van der Waals surface area contributed by atoms with Crippen LogP contribution in [0.25, 0.3) is 0 Å². The van der Waals surface area contributed by atoms with E-state index in [0.29, 0.717) is 6.04 Å². The molecular formula is C12H21N3. The van der Waals surface area contributed by atoms with Crippen molar-refractivity contribution < 1.29 is 0 Å². The molecule has 3 atom stereocenters. The predicted octanol–water partition coefficient (Wildman–Crippen LogP) is 1.98. The summed E-state index contributed by atoms with van der Waals surface area (Å²) in [7, 11) is 0. The molecule has 0 amide bonds. The van der Waals surface area contributed by atoms with Crippen molar-refractivity contribution in [2.45, 2.75) is 39.2 Å². The van der Waals surface area contributed by atoms with Crippen LogP contribution in [0.3, 0.4) is 0 Å². The SMILES string of the molecule is CCCNC(Cc1ncc[nH]1)C1CC1C. The molecular weight excluding hydrogens is 186 g/mol. The average Bonchev–Trinajstić information content (AvgIpc) is 2.77. The van der Waals surface area contributed by atoms with E-state index in [4.69, 9.17) is 0 Å². The fourth-order valence-corrected chi connectivity index (χ4v) is 2.23. The van der Waals surface area contributed by atoms with Gasteiger partial charge >= 0.3 is 0 Å². The number of hydrogen-bond donors (Lipinski definition) is 2. The van der Waals surface area contributed by atoms with E-state index in [1.165, 1.54) is 12.8 Å². The Bertz CT molecular complexity index is 281. The zero-order chi connectivity index (χ0) is 10.7. The molecule has 1 saturated carbocycles. The fraction of sp³-hybridized carbons (Fsp3) is 0.750. The van der Waals surface area contributed by atoms with Crippen molar-refractivity contribution in [1.82, 2.24) is 15.3 Å². The standard InChI is InChI=1S/C12H21N3/c1-3-4-13-11(10-7-9(10)2)8-12-14-5-6-15-12/h5-6,9-11,13H,3-4,7-8H2,1-2H3,(H,14,15). The van der Waals surface area contributed by atoms with Gasteiger partial charge in [-0.2, -0.15) is 0 Å². The van der Waals surface area contributed by atoms with Gasteiger partial charge in [0.2, 0.25) is 0 Å². The van der Waals surface area contributed by atoms with Gasteiger partial charge in [-0.15, -0.1) is 0 Å². The van der Waals surface area contributed by atoms with E-state index in [9.17, 15) is 0 Å². The highest BCUT2D eigenvalue weighted by Crippen LogP contribution is 2.41. The molecule has 1 aromatic rings. The molecule has 1 fully saturated rings. The lowest BCUT2D eigenvalue weighted by atomic mass is 10.1. The maximum Gasteiger partial charge on any atom is 0.107 e. The van der Waals surface area contributed by atoms with Crippen molar-refractivity contribution in [2.24, 2.45) is 11.8 Å².